The summed E-state index contributed by atoms with van der Waals surface area (Å²) in [6.07, 6.45) is 2.21. The summed E-state index contributed by atoms with van der Waals surface area (Å²) in [4.78, 5) is 13.7. The van der Waals surface area contributed by atoms with Crippen molar-refractivity contribution in [3.05, 3.63) is 72.0 Å². The number of rotatable bonds is 4. The molecule has 1 aromatic heterocycles. The van der Waals surface area contributed by atoms with Crippen molar-refractivity contribution in [2.24, 2.45) is 0 Å². The van der Waals surface area contributed by atoms with Gasteiger partial charge in [0.2, 0.25) is 10.9 Å². The average Bonchev–Trinajstić information content (AvgIpc) is 3.40. The predicted octanol–water partition coefficient (Wildman–Crippen LogP) is 3.74. The van der Waals surface area contributed by atoms with Gasteiger partial charge in [0.25, 0.3) is 15.9 Å². The quantitative estimate of drug-likeness (QED) is 0.563. The van der Waals surface area contributed by atoms with E-state index in [1.54, 1.807) is 25.1 Å². The molecule has 178 valence electrons. The van der Waals surface area contributed by atoms with Crippen LogP contribution in [-0.4, -0.2) is 56.5 Å². The van der Waals surface area contributed by atoms with Gasteiger partial charge in [0.05, 0.1) is 12.9 Å². The number of nitrogens with zero attached hydrogens (tertiary/aromatic N) is 2. The summed E-state index contributed by atoms with van der Waals surface area (Å²) in [5.74, 6) is -0.124. The van der Waals surface area contributed by atoms with Gasteiger partial charge in [-0.1, -0.05) is 18.2 Å². The van der Waals surface area contributed by atoms with Gasteiger partial charge in [-0.15, -0.1) is 0 Å². The molecule has 0 saturated carbocycles. The van der Waals surface area contributed by atoms with Gasteiger partial charge >= 0.3 is 0 Å². The van der Waals surface area contributed by atoms with E-state index >= 15 is 0 Å². The number of hydrogen-bond acceptors (Lipinski definition) is 6. The minimum atomic E-state index is -3.65. The number of piperidine rings is 1. The lowest BCUT2D eigenvalue weighted by Crippen LogP contribution is -2.52. The smallest absolute Gasteiger partial charge is 0.276 e. The van der Waals surface area contributed by atoms with E-state index in [4.69, 9.17) is 13.9 Å². The van der Waals surface area contributed by atoms with E-state index in [2.05, 4.69) is 0 Å². The van der Waals surface area contributed by atoms with Gasteiger partial charge in [-0.3, -0.25) is 4.79 Å². The summed E-state index contributed by atoms with van der Waals surface area (Å²) < 4.78 is 44.3. The second-order valence-corrected chi connectivity index (χ2v) is 10.6. The molecule has 2 aliphatic rings. The Labute approximate surface area is 198 Å². The molecule has 1 amide bonds. The lowest BCUT2D eigenvalue weighted by molar-refractivity contribution is -0.223. The van der Waals surface area contributed by atoms with Crippen LogP contribution in [0.5, 0.6) is 5.75 Å². The van der Waals surface area contributed by atoms with E-state index in [-0.39, 0.29) is 24.1 Å². The van der Waals surface area contributed by atoms with Crippen LogP contribution in [0.4, 0.5) is 0 Å². The summed E-state index contributed by atoms with van der Waals surface area (Å²) in [7, 11) is -0.191. The highest BCUT2D eigenvalue weighted by Gasteiger charge is 2.44. The maximum atomic E-state index is 12.7. The van der Waals surface area contributed by atoms with Crippen molar-refractivity contribution in [2.75, 3.05) is 27.2 Å². The first-order valence-corrected chi connectivity index (χ1v) is 12.5. The molecule has 3 aromatic rings. The Kier molecular flexibility index (Phi) is 5.71. The molecule has 34 heavy (non-hydrogen) atoms. The van der Waals surface area contributed by atoms with Gasteiger partial charge in [-0.2, -0.15) is 4.31 Å². The van der Waals surface area contributed by atoms with E-state index < -0.39 is 15.8 Å². The lowest BCUT2D eigenvalue weighted by atomic mass is 9.99. The molecule has 0 unspecified atom stereocenters. The number of carbonyl (C=O) groups is 1. The van der Waals surface area contributed by atoms with Gasteiger partial charge in [0.15, 0.2) is 0 Å². The summed E-state index contributed by atoms with van der Waals surface area (Å²) in [6, 6.07) is 16.5. The zero-order chi connectivity index (χ0) is 23.9. The maximum absolute atomic E-state index is 12.7. The van der Waals surface area contributed by atoms with Crippen LogP contribution in [0.1, 0.15) is 28.8 Å². The highest BCUT2D eigenvalue weighted by Crippen LogP contribution is 2.40. The number of furan rings is 1. The third-order valence-corrected chi connectivity index (χ3v) is 8.08. The standard InChI is InChI=1S/C25H26N2O6S/c1-26(2)24(28)19-7-5-18(6-8-19)20-9-10-22-21(16-20)17-32-25(33-22)11-13-27(14-12-25)34(29,30)23-4-3-15-31-23/h3-10,15-16H,11-14,17H2,1-2H3. The largest absolute Gasteiger partial charge is 0.462 e. The zero-order valence-electron chi connectivity index (χ0n) is 19.1. The number of carbonyl (C=O) groups excluding carboxylic acids is 1. The number of sulfonamides is 1. The van der Waals surface area contributed by atoms with Crippen LogP contribution in [0, 0.1) is 0 Å². The molecule has 9 heteroatoms. The minimum absolute atomic E-state index is 0.0351. The monoisotopic (exact) mass is 482 g/mol. The highest BCUT2D eigenvalue weighted by molar-refractivity contribution is 7.89. The van der Waals surface area contributed by atoms with Crippen molar-refractivity contribution >= 4 is 15.9 Å². The van der Waals surface area contributed by atoms with Crippen LogP contribution in [0.3, 0.4) is 0 Å². The van der Waals surface area contributed by atoms with Gasteiger partial charge in [0, 0.05) is 51.2 Å². The van der Waals surface area contributed by atoms with E-state index in [0.29, 0.717) is 25.0 Å². The minimum Gasteiger partial charge on any atom is -0.462 e. The fraction of sp³-hybridized carbons (Fsp3) is 0.320. The van der Waals surface area contributed by atoms with Crippen LogP contribution >= 0.6 is 0 Å². The van der Waals surface area contributed by atoms with Gasteiger partial charge < -0.3 is 18.8 Å². The van der Waals surface area contributed by atoms with Crippen LogP contribution in [-0.2, 0) is 21.4 Å². The van der Waals surface area contributed by atoms with Crippen molar-refractivity contribution in [3.8, 4) is 16.9 Å². The number of hydrogen-bond donors (Lipinski definition) is 0. The highest BCUT2D eigenvalue weighted by atomic mass is 32.2. The molecule has 0 N–H and O–H groups in total. The second kappa shape index (κ2) is 8.57. The van der Waals surface area contributed by atoms with Crippen molar-refractivity contribution in [1.82, 2.24) is 9.21 Å². The predicted molar refractivity (Wildman–Crippen MR) is 125 cm³/mol. The molecule has 0 bridgehead atoms. The van der Waals surface area contributed by atoms with E-state index in [9.17, 15) is 13.2 Å². The van der Waals surface area contributed by atoms with Gasteiger partial charge in [0.1, 0.15) is 5.75 Å². The molecule has 0 aliphatic carbocycles. The molecule has 3 heterocycles. The Morgan fingerprint density at radius 1 is 1.00 bits per heavy atom. The normalized spacial score (nSPS) is 17.7. The zero-order valence-corrected chi connectivity index (χ0v) is 19.9. The molecule has 0 radical (unpaired) electrons. The first kappa shape index (κ1) is 22.6. The topological polar surface area (TPSA) is 89.3 Å². The Morgan fingerprint density at radius 3 is 2.35 bits per heavy atom. The van der Waals surface area contributed by atoms with Crippen molar-refractivity contribution < 1.29 is 27.1 Å². The molecular weight excluding hydrogens is 456 g/mol. The molecule has 8 nitrogen and oxygen atoms in total. The van der Waals surface area contributed by atoms with Gasteiger partial charge in [-0.25, -0.2) is 8.42 Å². The molecular formula is C25H26N2O6S. The Morgan fingerprint density at radius 2 is 1.71 bits per heavy atom. The van der Waals surface area contributed by atoms with Crippen LogP contribution < -0.4 is 4.74 Å². The number of fused-ring (bicyclic) bond motifs is 1. The molecule has 1 saturated heterocycles. The summed E-state index contributed by atoms with van der Waals surface area (Å²) in [5, 5.41) is -0.0501. The Hall–Kier alpha value is -3.14. The summed E-state index contributed by atoms with van der Waals surface area (Å²) in [6.45, 7) is 0.953. The molecule has 2 aromatic carbocycles. The van der Waals surface area contributed by atoms with Crippen LogP contribution in [0.2, 0.25) is 0 Å². The summed E-state index contributed by atoms with van der Waals surface area (Å²) in [5.41, 5.74) is 3.57. The Balaban J connectivity index is 1.28. The van der Waals surface area contributed by atoms with Crippen molar-refractivity contribution in [2.45, 2.75) is 30.3 Å². The fourth-order valence-electron chi connectivity index (χ4n) is 4.33. The summed E-state index contributed by atoms with van der Waals surface area (Å²) >= 11 is 0. The SMILES string of the molecule is CN(C)C(=O)c1ccc(-c2ccc3c(c2)COC2(CCN(S(=O)(=O)c4ccco4)CC2)O3)cc1. The van der Waals surface area contributed by atoms with Crippen LogP contribution in [0.25, 0.3) is 11.1 Å². The first-order chi connectivity index (χ1) is 16.3. The molecule has 0 atom stereocenters. The molecule has 2 aliphatic heterocycles. The number of benzene rings is 2. The molecule has 1 spiro atoms. The molecule has 1 fully saturated rings. The molecule has 5 rings (SSSR count). The second-order valence-electron chi connectivity index (χ2n) is 8.74. The third-order valence-electron chi connectivity index (χ3n) is 6.29. The average molecular weight is 483 g/mol. The first-order valence-electron chi connectivity index (χ1n) is 11.1. The van der Waals surface area contributed by atoms with E-state index in [1.807, 2.05) is 42.5 Å². The van der Waals surface area contributed by atoms with Gasteiger partial charge in [-0.05, 0) is 47.5 Å². The van der Waals surface area contributed by atoms with Crippen molar-refractivity contribution in [1.29, 1.82) is 0 Å². The number of ether oxygens (including phenoxy) is 2. The van der Waals surface area contributed by atoms with E-state index in [1.165, 1.54) is 16.6 Å². The van der Waals surface area contributed by atoms with E-state index in [0.717, 1.165) is 22.4 Å². The van der Waals surface area contributed by atoms with Crippen molar-refractivity contribution in [3.63, 3.8) is 0 Å². The maximum Gasteiger partial charge on any atom is 0.276 e. The Bertz CT molecular complexity index is 1290. The lowest BCUT2D eigenvalue weighted by Gasteiger charge is -2.43. The fourth-order valence-corrected chi connectivity index (χ4v) is 5.67. The number of amides is 1. The third kappa shape index (κ3) is 4.11. The van der Waals surface area contributed by atoms with Crippen LogP contribution in [0.15, 0.2) is 70.4 Å².